The lowest BCUT2D eigenvalue weighted by atomic mass is 10.2. The second-order valence-electron chi connectivity index (χ2n) is 6.51. The van der Waals surface area contributed by atoms with E-state index in [4.69, 9.17) is 20.8 Å². The number of benzene rings is 1. The van der Waals surface area contributed by atoms with E-state index in [2.05, 4.69) is 25.0 Å². The summed E-state index contributed by atoms with van der Waals surface area (Å²) in [6, 6.07) is 13.4. The maximum absolute atomic E-state index is 6.21. The predicted molar refractivity (Wildman–Crippen MR) is 108 cm³/mol. The van der Waals surface area contributed by atoms with Crippen molar-refractivity contribution < 1.29 is 9.15 Å². The van der Waals surface area contributed by atoms with Gasteiger partial charge in [-0.2, -0.15) is 4.98 Å². The molecule has 7 nitrogen and oxygen atoms in total. The monoisotopic (exact) mass is 399 g/mol. The zero-order chi connectivity index (χ0) is 19.3. The van der Waals surface area contributed by atoms with Crippen molar-refractivity contribution in [3.63, 3.8) is 0 Å². The molecule has 0 spiro atoms. The minimum absolute atomic E-state index is 0.455. The van der Waals surface area contributed by atoms with Gasteiger partial charge in [0.2, 0.25) is 17.7 Å². The highest BCUT2D eigenvalue weighted by atomic mass is 35.5. The standard InChI is InChI=1S/C20H22ClN5O2/c1-2-27-18-9-5-8-17(22-18)26-12-10-25(11-13-26)14-19-23-24-20(28-19)15-6-3-4-7-16(15)21/h3-9H,2,10-14H2,1H3. The van der Waals surface area contributed by atoms with Crippen molar-refractivity contribution in [2.45, 2.75) is 13.5 Å². The van der Waals surface area contributed by atoms with Crippen LogP contribution in [0.2, 0.25) is 5.02 Å². The zero-order valence-electron chi connectivity index (χ0n) is 15.7. The van der Waals surface area contributed by atoms with Crippen molar-refractivity contribution in [1.29, 1.82) is 0 Å². The van der Waals surface area contributed by atoms with Crippen molar-refractivity contribution in [3.8, 4) is 17.3 Å². The van der Waals surface area contributed by atoms with Crippen LogP contribution in [0.3, 0.4) is 0 Å². The highest BCUT2D eigenvalue weighted by Gasteiger charge is 2.21. The third-order valence-electron chi connectivity index (χ3n) is 4.63. The molecule has 1 saturated heterocycles. The smallest absolute Gasteiger partial charge is 0.249 e. The largest absolute Gasteiger partial charge is 0.478 e. The number of piperazine rings is 1. The van der Waals surface area contributed by atoms with Crippen molar-refractivity contribution in [3.05, 3.63) is 53.4 Å². The lowest BCUT2D eigenvalue weighted by Gasteiger charge is -2.34. The summed E-state index contributed by atoms with van der Waals surface area (Å²) in [7, 11) is 0. The summed E-state index contributed by atoms with van der Waals surface area (Å²) in [5.41, 5.74) is 0.757. The van der Waals surface area contributed by atoms with E-state index in [1.165, 1.54) is 0 Å². The van der Waals surface area contributed by atoms with Crippen LogP contribution in [0, 0.1) is 0 Å². The van der Waals surface area contributed by atoms with Crippen LogP contribution in [0.15, 0.2) is 46.9 Å². The molecular weight excluding hydrogens is 378 g/mol. The van der Waals surface area contributed by atoms with E-state index in [0.717, 1.165) is 37.6 Å². The molecule has 1 aliphatic heterocycles. The van der Waals surface area contributed by atoms with Crippen LogP contribution in [0.25, 0.3) is 11.5 Å². The SMILES string of the molecule is CCOc1cccc(N2CCN(Cc3nnc(-c4ccccc4Cl)o3)CC2)n1. The fourth-order valence-electron chi connectivity index (χ4n) is 3.20. The van der Waals surface area contributed by atoms with Crippen LogP contribution < -0.4 is 9.64 Å². The molecule has 0 atom stereocenters. The molecule has 0 unspecified atom stereocenters. The van der Waals surface area contributed by atoms with E-state index >= 15 is 0 Å². The summed E-state index contributed by atoms with van der Waals surface area (Å²) in [5.74, 6) is 2.67. The van der Waals surface area contributed by atoms with Gasteiger partial charge < -0.3 is 14.1 Å². The fraction of sp³-hybridized carbons (Fsp3) is 0.350. The molecule has 0 saturated carbocycles. The van der Waals surface area contributed by atoms with Gasteiger partial charge in [0.15, 0.2) is 0 Å². The van der Waals surface area contributed by atoms with E-state index in [-0.39, 0.29) is 0 Å². The highest BCUT2D eigenvalue weighted by Crippen LogP contribution is 2.26. The van der Waals surface area contributed by atoms with Crippen molar-refractivity contribution in [2.24, 2.45) is 0 Å². The van der Waals surface area contributed by atoms with Crippen LogP contribution in [0.5, 0.6) is 5.88 Å². The Morgan fingerprint density at radius 3 is 2.64 bits per heavy atom. The Morgan fingerprint density at radius 2 is 1.86 bits per heavy atom. The quantitative estimate of drug-likeness (QED) is 0.628. The first-order valence-corrected chi connectivity index (χ1v) is 9.75. The molecule has 3 heterocycles. The molecule has 4 rings (SSSR count). The van der Waals surface area contributed by atoms with Gasteiger partial charge in [-0.3, -0.25) is 4.90 Å². The van der Waals surface area contributed by atoms with Gasteiger partial charge in [0.25, 0.3) is 0 Å². The highest BCUT2D eigenvalue weighted by molar-refractivity contribution is 6.33. The van der Waals surface area contributed by atoms with E-state index < -0.39 is 0 Å². The lowest BCUT2D eigenvalue weighted by Crippen LogP contribution is -2.46. The normalized spacial score (nSPS) is 15.0. The molecule has 1 aromatic carbocycles. The Bertz CT molecular complexity index is 924. The Labute approximate surface area is 168 Å². The average Bonchev–Trinajstić information content (AvgIpc) is 3.18. The topological polar surface area (TPSA) is 67.5 Å². The number of ether oxygens (including phenoxy) is 1. The van der Waals surface area contributed by atoms with Crippen LogP contribution >= 0.6 is 11.6 Å². The Morgan fingerprint density at radius 1 is 1.04 bits per heavy atom. The number of hydrogen-bond donors (Lipinski definition) is 0. The molecule has 146 valence electrons. The van der Waals surface area contributed by atoms with Crippen LogP contribution in [0.1, 0.15) is 12.8 Å². The van der Waals surface area contributed by atoms with Gasteiger partial charge in [0.05, 0.1) is 23.7 Å². The van der Waals surface area contributed by atoms with Gasteiger partial charge in [-0.05, 0) is 25.1 Å². The first-order valence-electron chi connectivity index (χ1n) is 9.37. The molecule has 0 bridgehead atoms. The molecule has 0 N–H and O–H groups in total. The van der Waals surface area contributed by atoms with Gasteiger partial charge in [0, 0.05) is 32.2 Å². The number of pyridine rings is 1. The zero-order valence-corrected chi connectivity index (χ0v) is 16.5. The molecule has 0 radical (unpaired) electrons. The van der Waals surface area contributed by atoms with Crippen molar-refractivity contribution in [2.75, 3.05) is 37.7 Å². The van der Waals surface area contributed by atoms with Crippen molar-refractivity contribution in [1.82, 2.24) is 20.1 Å². The van der Waals surface area contributed by atoms with Crippen LogP contribution in [0.4, 0.5) is 5.82 Å². The maximum atomic E-state index is 6.21. The number of anilines is 1. The summed E-state index contributed by atoms with van der Waals surface area (Å²) >= 11 is 6.21. The molecule has 3 aromatic rings. The summed E-state index contributed by atoms with van der Waals surface area (Å²) in [4.78, 5) is 9.14. The minimum atomic E-state index is 0.455. The minimum Gasteiger partial charge on any atom is -0.478 e. The second-order valence-corrected chi connectivity index (χ2v) is 6.92. The molecular formula is C20H22ClN5O2. The van der Waals surface area contributed by atoms with Crippen LogP contribution in [-0.4, -0.2) is 52.9 Å². The molecule has 8 heteroatoms. The molecule has 2 aromatic heterocycles. The Balaban J connectivity index is 1.35. The third kappa shape index (κ3) is 4.26. The summed E-state index contributed by atoms with van der Waals surface area (Å²) < 4.78 is 11.3. The Hall–Kier alpha value is -2.64. The lowest BCUT2D eigenvalue weighted by molar-refractivity contribution is 0.226. The van der Waals surface area contributed by atoms with Crippen LogP contribution in [-0.2, 0) is 6.54 Å². The molecule has 1 aliphatic rings. The van der Waals surface area contributed by atoms with Gasteiger partial charge in [0.1, 0.15) is 5.82 Å². The van der Waals surface area contributed by atoms with Crippen molar-refractivity contribution >= 4 is 17.4 Å². The van der Waals surface area contributed by atoms with Gasteiger partial charge >= 0.3 is 0 Å². The summed E-state index contributed by atoms with van der Waals surface area (Å²) in [5, 5.41) is 8.92. The first kappa shape index (κ1) is 18.7. The number of rotatable bonds is 6. The number of hydrogen-bond acceptors (Lipinski definition) is 7. The van der Waals surface area contributed by atoms with E-state index in [0.29, 0.717) is 35.8 Å². The first-order chi connectivity index (χ1) is 13.7. The Kier molecular flexibility index (Phi) is 5.73. The van der Waals surface area contributed by atoms with Gasteiger partial charge in [-0.1, -0.05) is 29.8 Å². The van der Waals surface area contributed by atoms with E-state index in [1.807, 2.05) is 49.4 Å². The molecule has 0 aliphatic carbocycles. The molecule has 0 amide bonds. The number of aromatic nitrogens is 3. The van der Waals surface area contributed by atoms with E-state index in [9.17, 15) is 0 Å². The molecule has 1 fully saturated rings. The number of nitrogens with zero attached hydrogens (tertiary/aromatic N) is 5. The molecule has 28 heavy (non-hydrogen) atoms. The maximum Gasteiger partial charge on any atom is 0.249 e. The van der Waals surface area contributed by atoms with E-state index in [1.54, 1.807) is 0 Å². The summed E-state index contributed by atoms with van der Waals surface area (Å²) in [6.07, 6.45) is 0. The average molecular weight is 400 g/mol. The second kappa shape index (κ2) is 8.58. The predicted octanol–water partition coefficient (Wildman–Crippen LogP) is 3.51. The fourth-order valence-corrected chi connectivity index (χ4v) is 3.41. The van der Waals surface area contributed by atoms with Gasteiger partial charge in [-0.25, -0.2) is 0 Å². The third-order valence-corrected chi connectivity index (χ3v) is 4.96. The van der Waals surface area contributed by atoms with Gasteiger partial charge in [-0.15, -0.1) is 10.2 Å². The number of halogens is 1. The summed E-state index contributed by atoms with van der Waals surface area (Å²) in [6.45, 7) is 6.75.